The average Bonchev–Trinajstić information content (AvgIpc) is 3.41. The van der Waals surface area contributed by atoms with Crippen molar-refractivity contribution in [3.63, 3.8) is 0 Å². The zero-order valence-electron chi connectivity index (χ0n) is 44.5. The fourth-order valence-corrected chi connectivity index (χ4v) is 7.54. The van der Waals surface area contributed by atoms with Gasteiger partial charge in [0.2, 0.25) is 5.91 Å². The summed E-state index contributed by atoms with van der Waals surface area (Å²) in [6, 6.07) is 5.16. The number of carbonyl (C=O) groups is 6. The number of aromatic hydroxyl groups is 4. The Balaban J connectivity index is 1.52. The fourth-order valence-electron chi connectivity index (χ4n) is 7.54. The Morgan fingerprint density at radius 1 is 0.405 bits per heavy atom. The standard InChI is InChI=1S/C50H70N12O17/c1-56-16-5-33(39(66)47(56)74)43(70)52-12-21-60(22-13-53-44(71)34-6-17-57(2)48(75)40(34)67)25-27-62(20-11-51-37(63)9-29-78-31-32-79-30-10-38(64)65)28-26-61(23-14-54-45(72)35-7-18-58(3)49(76)41(35)68)24-15-55-46(73)36-8-19-59(4)50(77)42(36)69/h5-8,16-19,66-69H,9-15,20-32H2,1-4H3,(H,51,63)(H,52,70)(H,53,71)(H,54,72)(H,55,73)(H,64,65). The molecule has 0 aliphatic rings. The Morgan fingerprint density at radius 2 is 0.658 bits per heavy atom. The monoisotopic (exact) mass is 1110 g/mol. The molecule has 4 rings (SSSR count). The highest BCUT2D eigenvalue weighted by Gasteiger charge is 2.21. The van der Waals surface area contributed by atoms with Crippen molar-refractivity contribution in [2.75, 3.05) is 118 Å². The van der Waals surface area contributed by atoms with Crippen LogP contribution in [-0.4, -0.2) is 212 Å². The molecule has 5 amide bonds. The lowest BCUT2D eigenvalue weighted by Crippen LogP contribution is -2.47. The van der Waals surface area contributed by atoms with Crippen LogP contribution in [0.3, 0.4) is 0 Å². The van der Waals surface area contributed by atoms with Gasteiger partial charge < -0.3 is 79.9 Å². The highest BCUT2D eigenvalue weighted by atomic mass is 16.5. The van der Waals surface area contributed by atoms with Crippen LogP contribution < -0.4 is 48.8 Å². The normalized spacial score (nSPS) is 11.2. The summed E-state index contributed by atoms with van der Waals surface area (Å²) in [6.45, 7) is 2.54. The first-order chi connectivity index (χ1) is 37.6. The molecule has 0 unspecified atom stereocenters. The average molecular weight is 1110 g/mol. The third-order valence-electron chi connectivity index (χ3n) is 12.3. The first kappa shape index (κ1) is 63.2. The maximum Gasteiger partial charge on any atom is 0.305 e. The Morgan fingerprint density at radius 3 is 0.937 bits per heavy atom. The molecule has 79 heavy (non-hydrogen) atoms. The van der Waals surface area contributed by atoms with Crippen LogP contribution in [0, 0.1) is 0 Å². The molecule has 0 aliphatic heterocycles. The maximum atomic E-state index is 13.1. The number of aryl methyl sites for hydroxylation is 4. The van der Waals surface area contributed by atoms with Gasteiger partial charge in [0.1, 0.15) is 0 Å². The summed E-state index contributed by atoms with van der Waals surface area (Å²) in [5, 5.41) is 63.9. The summed E-state index contributed by atoms with van der Waals surface area (Å²) in [7, 11) is 5.65. The predicted octanol–water partition coefficient (Wildman–Crippen LogP) is -3.76. The van der Waals surface area contributed by atoms with Crippen LogP contribution in [0.4, 0.5) is 0 Å². The molecule has 4 heterocycles. The van der Waals surface area contributed by atoms with Gasteiger partial charge in [0.05, 0.1) is 55.1 Å². The first-order valence-electron chi connectivity index (χ1n) is 25.1. The lowest BCUT2D eigenvalue weighted by Gasteiger charge is -2.30. The highest BCUT2D eigenvalue weighted by Crippen LogP contribution is 2.13. The first-order valence-corrected chi connectivity index (χ1v) is 25.1. The minimum Gasteiger partial charge on any atom is -0.502 e. The number of carbonyl (C=O) groups excluding carboxylic acids is 5. The summed E-state index contributed by atoms with van der Waals surface area (Å²) in [5.74, 6) is -7.17. The van der Waals surface area contributed by atoms with Crippen LogP contribution in [0.1, 0.15) is 54.3 Å². The molecule has 0 bridgehead atoms. The van der Waals surface area contributed by atoms with Crippen molar-refractivity contribution in [3.8, 4) is 23.0 Å². The molecule has 432 valence electrons. The number of aromatic nitrogens is 4. The van der Waals surface area contributed by atoms with Crippen molar-refractivity contribution >= 4 is 35.5 Å². The smallest absolute Gasteiger partial charge is 0.305 e. The molecule has 0 radical (unpaired) electrons. The lowest BCUT2D eigenvalue weighted by molar-refractivity contribution is -0.138. The van der Waals surface area contributed by atoms with E-state index < -0.39 is 74.8 Å². The molecular weight excluding hydrogens is 1040 g/mol. The number of ether oxygens (including phenoxy) is 2. The second kappa shape index (κ2) is 31.7. The number of hydrogen-bond donors (Lipinski definition) is 10. The highest BCUT2D eigenvalue weighted by molar-refractivity contribution is 5.98. The van der Waals surface area contributed by atoms with E-state index in [4.69, 9.17) is 14.6 Å². The number of rotatable bonds is 34. The van der Waals surface area contributed by atoms with E-state index in [1.54, 1.807) is 0 Å². The minimum absolute atomic E-state index is 0.000585. The number of amides is 5. The quantitative estimate of drug-likeness (QED) is 0.0201. The predicted molar refractivity (Wildman–Crippen MR) is 284 cm³/mol. The van der Waals surface area contributed by atoms with E-state index in [1.807, 2.05) is 14.7 Å². The largest absolute Gasteiger partial charge is 0.502 e. The van der Waals surface area contributed by atoms with Gasteiger partial charge in [-0.3, -0.25) is 62.6 Å². The number of pyridine rings is 4. The third-order valence-corrected chi connectivity index (χ3v) is 12.3. The van der Waals surface area contributed by atoms with E-state index in [0.717, 1.165) is 18.3 Å². The second-order valence-corrected chi connectivity index (χ2v) is 18.0. The van der Waals surface area contributed by atoms with Gasteiger partial charge in [-0.25, -0.2) is 0 Å². The van der Waals surface area contributed by atoms with Gasteiger partial charge in [-0.15, -0.1) is 0 Å². The summed E-state index contributed by atoms with van der Waals surface area (Å²) in [4.78, 5) is 131. The number of nitrogens with zero attached hydrogens (tertiary/aromatic N) is 7. The van der Waals surface area contributed by atoms with Crippen molar-refractivity contribution in [3.05, 3.63) is 113 Å². The Bertz CT molecular complexity index is 2670. The molecule has 4 aromatic heterocycles. The van der Waals surface area contributed by atoms with E-state index in [-0.39, 0.29) is 146 Å². The lowest BCUT2D eigenvalue weighted by atomic mass is 10.2. The van der Waals surface area contributed by atoms with Crippen molar-refractivity contribution in [2.24, 2.45) is 28.2 Å². The second-order valence-electron chi connectivity index (χ2n) is 18.0. The number of carboxylic acids is 1. The fraction of sp³-hybridized carbons (Fsp3) is 0.480. The van der Waals surface area contributed by atoms with Crippen LogP contribution in [-0.2, 0) is 47.3 Å². The molecule has 0 aromatic carbocycles. The molecule has 0 atom stereocenters. The van der Waals surface area contributed by atoms with Gasteiger partial charge in [0, 0.05) is 151 Å². The Labute approximate surface area is 452 Å². The van der Waals surface area contributed by atoms with Gasteiger partial charge in [0.25, 0.3) is 45.9 Å². The Hall–Kier alpha value is -8.38. The molecule has 0 aliphatic carbocycles. The van der Waals surface area contributed by atoms with E-state index in [0.29, 0.717) is 13.1 Å². The zero-order valence-corrected chi connectivity index (χ0v) is 44.5. The summed E-state index contributed by atoms with van der Waals surface area (Å²) in [6.07, 6.45) is 5.16. The topological polar surface area (TPSA) is 380 Å². The Kier molecular flexibility index (Phi) is 25.4. The van der Waals surface area contributed by atoms with Crippen LogP contribution >= 0.6 is 0 Å². The third kappa shape index (κ3) is 19.9. The molecule has 0 spiro atoms. The number of carboxylic acid groups (broad SMARTS) is 1. The van der Waals surface area contributed by atoms with Gasteiger partial charge >= 0.3 is 5.97 Å². The van der Waals surface area contributed by atoms with Crippen molar-refractivity contribution < 1.29 is 63.8 Å². The molecule has 0 saturated carbocycles. The van der Waals surface area contributed by atoms with Crippen LogP contribution in [0.2, 0.25) is 0 Å². The minimum atomic E-state index is -0.998. The molecular formula is C50H70N12O17. The van der Waals surface area contributed by atoms with E-state index in [1.165, 1.54) is 77.2 Å². The molecule has 10 N–H and O–H groups in total. The van der Waals surface area contributed by atoms with Gasteiger partial charge in [-0.2, -0.15) is 0 Å². The number of aliphatic carboxylic acids is 1. The van der Waals surface area contributed by atoms with E-state index in [9.17, 15) is 68.4 Å². The van der Waals surface area contributed by atoms with Crippen molar-refractivity contribution in [1.29, 1.82) is 0 Å². The van der Waals surface area contributed by atoms with Crippen LogP contribution in [0.15, 0.2) is 68.2 Å². The zero-order chi connectivity index (χ0) is 58.2. The molecule has 0 saturated heterocycles. The van der Waals surface area contributed by atoms with Crippen LogP contribution in [0.25, 0.3) is 0 Å². The van der Waals surface area contributed by atoms with Gasteiger partial charge in [0.15, 0.2) is 23.0 Å². The molecule has 0 fully saturated rings. The summed E-state index contributed by atoms with van der Waals surface area (Å²) >= 11 is 0. The van der Waals surface area contributed by atoms with E-state index >= 15 is 0 Å². The van der Waals surface area contributed by atoms with Gasteiger partial charge in [-0.1, -0.05) is 0 Å². The number of nitrogens with one attached hydrogen (secondary N) is 5. The molecule has 29 heteroatoms. The van der Waals surface area contributed by atoms with Crippen molar-refractivity contribution in [2.45, 2.75) is 12.8 Å². The summed E-state index contributed by atoms with van der Waals surface area (Å²) in [5.41, 5.74) is -4.07. The molecule has 29 nitrogen and oxygen atoms in total. The number of hydrogen-bond acceptors (Lipinski definition) is 19. The SMILES string of the molecule is Cn1ccc(C(=O)NCCN(CCNC(=O)c2ccn(C)c(=O)c2O)CCN(CCNC(=O)CCOCCOCCC(=O)O)CCN(CCNC(=O)c2ccn(C)c(=O)c2O)CCNC(=O)c2ccn(C)c(=O)c2O)c(O)c1=O. The van der Waals surface area contributed by atoms with E-state index in [2.05, 4.69) is 26.6 Å². The maximum absolute atomic E-state index is 13.1. The van der Waals surface area contributed by atoms with Crippen molar-refractivity contribution in [1.82, 2.24) is 59.6 Å². The van der Waals surface area contributed by atoms with Crippen LogP contribution in [0.5, 0.6) is 23.0 Å². The summed E-state index contributed by atoms with van der Waals surface area (Å²) < 4.78 is 15.1. The molecule has 4 aromatic rings. The van der Waals surface area contributed by atoms with Gasteiger partial charge in [-0.05, 0) is 24.3 Å².